The van der Waals surface area contributed by atoms with Crippen molar-refractivity contribution in [3.63, 3.8) is 0 Å². The van der Waals surface area contributed by atoms with E-state index in [2.05, 4.69) is 5.10 Å². The van der Waals surface area contributed by atoms with E-state index in [4.69, 9.17) is 17.3 Å². The van der Waals surface area contributed by atoms with Crippen LogP contribution in [0.1, 0.15) is 28.7 Å². The normalized spacial score (nSPS) is 10.7. The van der Waals surface area contributed by atoms with E-state index < -0.39 is 0 Å². The van der Waals surface area contributed by atoms with Crippen LogP contribution < -0.4 is 5.73 Å². The predicted octanol–water partition coefficient (Wildman–Crippen LogP) is 2.72. The van der Waals surface area contributed by atoms with Gasteiger partial charge >= 0.3 is 0 Å². The molecule has 0 spiro atoms. The lowest BCUT2D eigenvalue weighted by atomic mass is 10.2. The molecule has 112 valence electrons. The van der Waals surface area contributed by atoms with Crippen LogP contribution in [-0.4, -0.2) is 27.6 Å². The van der Waals surface area contributed by atoms with Crippen molar-refractivity contribution in [3.05, 3.63) is 46.2 Å². The molecule has 5 nitrogen and oxygen atoms in total. The molecule has 2 N–H and O–H groups in total. The zero-order chi connectivity index (χ0) is 15.6. The van der Waals surface area contributed by atoms with Crippen molar-refractivity contribution in [2.45, 2.75) is 26.9 Å². The number of amides is 1. The fraction of sp³-hybridized carbons (Fsp3) is 0.333. The number of nitrogens with zero attached hydrogens (tertiary/aromatic N) is 3. The molecule has 0 aliphatic rings. The Morgan fingerprint density at radius 3 is 2.57 bits per heavy atom. The first-order valence-corrected chi connectivity index (χ1v) is 7.14. The summed E-state index contributed by atoms with van der Waals surface area (Å²) < 4.78 is 1.64. The largest absolute Gasteiger partial charge is 0.395 e. The van der Waals surface area contributed by atoms with Gasteiger partial charge in [0.2, 0.25) is 0 Å². The molecule has 0 bridgehead atoms. The number of benzene rings is 1. The zero-order valence-corrected chi connectivity index (χ0v) is 13.2. The lowest BCUT2D eigenvalue weighted by Crippen LogP contribution is -2.29. The van der Waals surface area contributed by atoms with Crippen LogP contribution in [-0.2, 0) is 13.1 Å². The standard InChI is InChI=1S/C15H19ClN4O/c1-4-20-14(13(17)10(2)18-20)15(21)19(3)9-11-5-7-12(16)8-6-11/h5-8H,4,9,17H2,1-3H3. The Morgan fingerprint density at radius 1 is 1.38 bits per heavy atom. The number of aromatic nitrogens is 2. The SMILES string of the molecule is CCn1nc(C)c(N)c1C(=O)N(C)Cc1ccc(Cl)cc1. The first-order valence-electron chi connectivity index (χ1n) is 6.76. The van der Waals surface area contributed by atoms with E-state index >= 15 is 0 Å². The third kappa shape index (κ3) is 3.19. The van der Waals surface area contributed by atoms with E-state index in [0.29, 0.717) is 35.2 Å². The van der Waals surface area contributed by atoms with Crippen LogP contribution in [0, 0.1) is 6.92 Å². The quantitative estimate of drug-likeness (QED) is 0.944. The second kappa shape index (κ2) is 6.18. The Kier molecular flexibility index (Phi) is 4.53. The summed E-state index contributed by atoms with van der Waals surface area (Å²) in [5.41, 5.74) is 8.57. The summed E-state index contributed by atoms with van der Waals surface area (Å²) in [6.45, 7) is 4.83. The fourth-order valence-corrected chi connectivity index (χ4v) is 2.29. The number of rotatable bonds is 4. The van der Waals surface area contributed by atoms with Crippen molar-refractivity contribution < 1.29 is 4.79 Å². The smallest absolute Gasteiger partial charge is 0.274 e. The van der Waals surface area contributed by atoms with E-state index in [9.17, 15) is 4.79 Å². The number of nitrogen functional groups attached to an aromatic ring is 1. The summed E-state index contributed by atoms with van der Waals surface area (Å²) in [6.07, 6.45) is 0. The number of hydrogen-bond acceptors (Lipinski definition) is 3. The van der Waals surface area contributed by atoms with Gasteiger partial charge < -0.3 is 10.6 Å². The highest BCUT2D eigenvalue weighted by molar-refractivity contribution is 6.30. The highest BCUT2D eigenvalue weighted by Crippen LogP contribution is 2.19. The van der Waals surface area contributed by atoms with Gasteiger partial charge in [-0.15, -0.1) is 0 Å². The minimum Gasteiger partial charge on any atom is -0.395 e. The first kappa shape index (κ1) is 15.4. The maximum Gasteiger partial charge on any atom is 0.274 e. The monoisotopic (exact) mass is 306 g/mol. The van der Waals surface area contributed by atoms with Crippen molar-refractivity contribution in [3.8, 4) is 0 Å². The van der Waals surface area contributed by atoms with Crippen molar-refractivity contribution in [1.29, 1.82) is 0 Å². The van der Waals surface area contributed by atoms with Crippen LogP contribution in [0.25, 0.3) is 0 Å². The highest BCUT2D eigenvalue weighted by Gasteiger charge is 2.22. The second-order valence-electron chi connectivity index (χ2n) is 4.95. The van der Waals surface area contributed by atoms with Crippen molar-refractivity contribution in [2.75, 3.05) is 12.8 Å². The van der Waals surface area contributed by atoms with E-state index in [-0.39, 0.29) is 5.91 Å². The summed E-state index contributed by atoms with van der Waals surface area (Å²) in [7, 11) is 1.75. The number of halogens is 1. The summed E-state index contributed by atoms with van der Waals surface area (Å²) in [5.74, 6) is -0.134. The molecule has 6 heteroatoms. The van der Waals surface area contributed by atoms with Crippen LogP contribution >= 0.6 is 11.6 Å². The number of hydrogen-bond donors (Lipinski definition) is 1. The number of aryl methyl sites for hydroxylation is 2. The summed E-state index contributed by atoms with van der Waals surface area (Å²) in [6, 6.07) is 7.42. The number of anilines is 1. The minimum absolute atomic E-state index is 0.134. The van der Waals surface area contributed by atoms with Gasteiger partial charge in [0.15, 0.2) is 0 Å². The summed E-state index contributed by atoms with van der Waals surface area (Å²) >= 11 is 5.86. The zero-order valence-electron chi connectivity index (χ0n) is 12.4. The topological polar surface area (TPSA) is 64.2 Å². The Hall–Kier alpha value is -2.01. The van der Waals surface area contributed by atoms with E-state index in [0.717, 1.165) is 5.56 Å². The summed E-state index contributed by atoms with van der Waals surface area (Å²) in [5, 5.41) is 4.95. The third-order valence-corrected chi connectivity index (χ3v) is 3.61. The van der Waals surface area contributed by atoms with Gasteiger partial charge in [-0.3, -0.25) is 9.48 Å². The van der Waals surface area contributed by atoms with Crippen molar-refractivity contribution in [1.82, 2.24) is 14.7 Å². The number of carbonyl (C=O) groups excluding carboxylic acids is 1. The van der Waals surface area contributed by atoms with Gasteiger partial charge in [0.25, 0.3) is 5.91 Å². The lowest BCUT2D eigenvalue weighted by Gasteiger charge is -2.18. The van der Waals surface area contributed by atoms with Gasteiger partial charge in [0, 0.05) is 25.2 Å². The molecule has 1 amide bonds. The third-order valence-electron chi connectivity index (χ3n) is 3.36. The molecule has 1 heterocycles. The van der Waals surface area contributed by atoms with Crippen LogP contribution in [0.3, 0.4) is 0 Å². The molecule has 2 rings (SSSR count). The average molecular weight is 307 g/mol. The average Bonchev–Trinajstić information content (AvgIpc) is 2.76. The fourth-order valence-electron chi connectivity index (χ4n) is 2.17. The van der Waals surface area contributed by atoms with Gasteiger partial charge in [-0.1, -0.05) is 23.7 Å². The highest BCUT2D eigenvalue weighted by atomic mass is 35.5. The van der Waals surface area contributed by atoms with Crippen LogP contribution in [0.2, 0.25) is 5.02 Å². The Bertz CT molecular complexity index is 648. The predicted molar refractivity (Wildman–Crippen MR) is 84.3 cm³/mol. The van der Waals surface area contributed by atoms with Gasteiger partial charge in [0.05, 0.1) is 11.4 Å². The lowest BCUT2D eigenvalue weighted by molar-refractivity contribution is 0.0774. The molecule has 0 unspecified atom stereocenters. The Balaban J connectivity index is 2.21. The van der Waals surface area contributed by atoms with Gasteiger partial charge in [-0.2, -0.15) is 5.10 Å². The van der Waals surface area contributed by atoms with E-state index in [1.54, 1.807) is 23.6 Å². The molecular weight excluding hydrogens is 288 g/mol. The molecule has 1 aromatic heterocycles. The molecule has 0 aliphatic carbocycles. The molecule has 2 aromatic rings. The molecule has 0 fully saturated rings. The molecular formula is C15H19ClN4O. The van der Waals surface area contributed by atoms with Crippen LogP contribution in [0.15, 0.2) is 24.3 Å². The molecule has 0 atom stereocenters. The van der Waals surface area contributed by atoms with Gasteiger partial charge in [-0.25, -0.2) is 0 Å². The maximum absolute atomic E-state index is 12.6. The molecule has 1 aromatic carbocycles. The van der Waals surface area contributed by atoms with Crippen LogP contribution in [0.4, 0.5) is 5.69 Å². The minimum atomic E-state index is -0.134. The second-order valence-corrected chi connectivity index (χ2v) is 5.39. The number of nitrogens with two attached hydrogens (primary N) is 1. The van der Waals surface area contributed by atoms with Crippen LogP contribution in [0.5, 0.6) is 0 Å². The van der Waals surface area contributed by atoms with E-state index in [1.807, 2.05) is 31.2 Å². The van der Waals surface area contributed by atoms with Crippen molar-refractivity contribution >= 4 is 23.2 Å². The molecule has 21 heavy (non-hydrogen) atoms. The first-order chi connectivity index (χ1) is 9.93. The summed E-state index contributed by atoms with van der Waals surface area (Å²) in [4.78, 5) is 14.2. The van der Waals surface area contributed by atoms with Gasteiger partial charge in [-0.05, 0) is 31.5 Å². The Labute approximate surface area is 129 Å². The van der Waals surface area contributed by atoms with Gasteiger partial charge in [0.1, 0.15) is 5.69 Å². The van der Waals surface area contributed by atoms with E-state index in [1.165, 1.54) is 0 Å². The Morgan fingerprint density at radius 2 is 2.00 bits per heavy atom. The maximum atomic E-state index is 12.6. The number of carbonyl (C=O) groups is 1. The van der Waals surface area contributed by atoms with Crippen molar-refractivity contribution in [2.24, 2.45) is 0 Å². The molecule has 0 saturated carbocycles. The molecule has 0 saturated heterocycles. The molecule has 0 radical (unpaired) electrons. The molecule has 0 aliphatic heterocycles.